The molecule has 0 bridgehead atoms. The van der Waals surface area contributed by atoms with Crippen molar-refractivity contribution < 1.29 is 22.5 Å². The Morgan fingerprint density at radius 3 is 2.26 bits per heavy atom. The van der Waals surface area contributed by atoms with E-state index in [1.807, 2.05) is 17.0 Å². The van der Waals surface area contributed by atoms with Crippen LogP contribution in [0.4, 0.5) is 11.5 Å². The lowest BCUT2D eigenvalue weighted by Gasteiger charge is -2.26. The van der Waals surface area contributed by atoms with Gasteiger partial charge in [0.1, 0.15) is 6.54 Å². The molecule has 1 aliphatic heterocycles. The molecule has 14 heteroatoms. The number of sulfonamides is 1. The van der Waals surface area contributed by atoms with Gasteiger partial charge in [-0.15, -0.1) is 10.2 Å². The highest BCUT2D eigenvalue weighted by Crippen LogP contribution is 2.31. The van der Waals surface area contributed by atoms with Crippen LogP contribution in [0.15, 0.2) is 65.7 Å². The highest BCUT2D eigenvalue weighted by atomic mass is 35.5. The number of carbonyl (C=O) groups is 1. The van der Waals surface area contributed by atoms with Gasteiger partial charge in [0.2, 0.25) is 0 Å². The Balaban J connectivity index is 1.47. The van der Waals surface area contributed by atoms with Crippen molar-refractivity contribution in [1.82, 2.24) is 14.8 Å². The summed E-state index contributed by atoms with van der Waals surface area (Å²) < 4.78 is 41.0. The molecule has 3 heterocycles. The van der Waals surface area contributed by atoms with Crippen LogP contribution in [0.25, 0.3) is 16.7 Å². The first-order chi connectivity index (χ1) is 18.1. The van der Waals surface area contributed by atoms with Gasteiger partial charge in [-0.25, -0.2) is 8.42 Å². The second-order valence-electron chi connectivity index (χ2n) is 8.52. The number of carboxylic acids is 1. The van der Waals surface area contributed by atoms with Gasteiger partial charge in [-0.05, 0) is 54.6 Å². The summed E-state index contributed by atoms with van der Waals surface area (Å²) in [7, 11) is -5.08. The number of halogens is 2. The van der Waals surface area contributed by atoms with Gasteiger partial charge >= 0.3 is 5.97 Å². The minimum atomic E-state index is -4.30. The summed E-state index contributed by atoms with van der Waals surface area (Å²) in [6, 6.07) is 14.1. The molecule has 0 spiro atoms. The zero-order valence-corrected chi connectivity index (χ0v) is 22.8. The zero-order chi connectivity index (χ0) is 27.0. The number of carboxylic acid groups (broad SMARTS) is 1. The fourth-order valence-electron chi connectivity index (χ4n) is 4.21. The maximum atomic E-state index is 13.4. The van der Waals surface area contributed by atoms with Crippen molar-refractivity contribution >= 4 is 72.4 Å². The molecule has 1 N–H and O–H groups in total. The third-order valence-electron chi connectivity index (χ3n) is 6.05. The van der Waals surface area contributed by atoms with Gasteiger partial charge in [0, 0.05) is 57.0 Å². The molecule has 0 saturated carbocycles. The van der Waals surface area contributed by atoms with E-state index in [9.17, 15) is 22.5 Å². The molecule has 2 aromatic heterocycles. The highest BCUT2D eigenvalue weighted by molar-refractivity contribution is 7.92. The van der Waals surface area contributed by atoms with Gasteiger partial charge in [-0.2, -0.15) is 0 Å². The molecule has 38 heavy (non-hydrogen) atoms. The number of aromatic nitrogens is 3. The Morgan fingerprint density at radius 1 is 0.974 bits per heavy atom. The van der Waals surface area contributed by atoms with Crippen LogP contribution < -0.4 is 9.21 Å². The second kappa shape index (κ2) is 10.5. The summed E-state index contributed by atoms with van der Waals surface area (Å²) in [5, 5.41) is 19.0. The molecule has 0 amide bonds. The Kier molecular flexibility index (Phi) is 7.32. The fraction of sp³-hybridized carbons (Fsp3) is 0.208. The lowest BCUT2D eigenvalue weighted by molar-refractivity contribution is -0.135. The molecule has 4 aromatic rings. The third-order valence-corrected chi connectivity index (χ3v) is 9.51. The molecule has 1 aliphatic rings. The molecule has 0 unspecified atom stereocenters. The van der Waals surface area contributed by atoms with Crippen molar-refractivity contribution in [1.29, 1.82) is 0 Å². The van der Waals surface area contributed by atoms with Crippen LogP contribution in [-0.2, 0) is 25.6 Å². The van der Waals surface area contributed by atoms with Gasteiger partial charge in [0.15, 0.2) is 11.6 Å². The summed E-state index contributed by atoms with van der Waals surface area (Å²) in [6.07, 6.45) is 1.77. The quantitative estimate of drug-likeness (QED) is 0.344. The molecule has 0 radical (unpaired) electrons. The average molecular weight is 595 g/mol. The number of aliphatic carboxylic acids is 1. The van der Waals surface area contributed by atoms with Gasteiger partial charge in [-0.1, -0.05) is 23.2 Å². The predicted octanol–water partition coefficient (Wildman–Crippen LogP) is 3.58. The standard InChI is InChI=1S/C24H21Cl2N5O5S2/c25-17-12-18(26)14-20(13-17)38(35,36)31(15-24(32)33)19-1-2-21-16(11-19)5-6-30(21)23-4-3-22(27-28-23)29-7-9-37(34)10-8-29/h1-6,11-14H,7-10,15H2,(H,32,33). The van der Waals surface area contributed by atoms with E-state index in [1.54, 1.807) is 29.0 Å². The van der Waals surface area contributed by atoms with Crippen LogP contribution in [0.1, 0.15) is 0 Å². The Labute approximate surface area is 230 Å². The summed E-state index contributed by atoms with van der Waals surface area (Å²) in [6.45, 7) is 0.524. The molecular formula is C24H21Cl2N5O5S2. The molecule has 2 aromatic carbocycles. The van der Waals surface area contributed by atoms with Gasteiger partial charge in [0.25, 0.3) is 10.0 Å². The normalized spacial score (nSPS) is 14.6. The maximum absolute atomic E-state index is 13.4. The van der Waals surface area contributed by atoms with E-state index < -0.39 is 33.3 Å². The number of benzene rings is 2. The van der Waals surface area contributed by atoms with Crippen molar-refractivity contribution in [2.45, 2.75) is 4.90 Å². The molecule has 0 atom stereocenters. The number of hydrogen-bond acceptors (Lipinski definition) is 7. The summed E-state index contributed by atoms with van der Waals surface area (Å²) >= 11 is 12.0. The Bertz CT molecular complexity index is 1630. The zero-order valence-electron chi connectivity index (χ0n) is 19.7. The number of fused-ring (bicyclic) bond motifs is 1. The van der Waals surface area contributed by atoms with Crippen LogP contribution >= 0.6 is 23.2 Å². The van der Waals surface area contributed by atoms with Gasteiger partial charge in [0.05, 0.1) is 16.1 Å². The molecule has 1 fully saturated rings. The molecule has 5 rings (SSSR count). The van der Waals surface area contributed by atoms with E-state index >= 15 is 0 Å². The molecular weight excluding hydrogens is 573 g/mol. The van der Waals surface area contributed by atoms with Crippen molar-refractivity contribution in [3.63, 3.8) is 0 Å². The Morgan fingerprint density at radius 2 is 1.63 bits per heavy atom. The van der Waals surface area contributed by atoms with Crippen LogP contribution in [0.5, 0.6) is 0 Å². The van der Waals surface area contributed by atoms with Gasteiger partial charge in [-0.3, -0.25) is 17.9 Å². The molecule has 198 valence electrons. The SMILES string of the molecule is O=C(O)CN(c1ccc2c(ccn2-c2ccc(N3CCS(=O)CC3)nn2)c1)S(=O)(=O)c1cc(Cl)cc(Cl)c1. The summed E-state index contributed by atoms with van der Waals surface area (Å²) in [5.74, 6) is 1.15. The summed E-state index contributed by atoms with van der Waals surface area (Å²) in [4.78, 5) is 13.4. The molecule has 1 saturated heterocycles. The predicted molar refractivity (Wildman–Crippen MR) is 148 cm³/mol. The lowest BCUT2D eigenvalue weighted by atomic mass is 10.2. The number of nitrogens with zero attached hydrogens (tertiary/aromatic N) is 5. The van der Waals surface area contributed by atoms with E-state index in [4.69, 9.17) is 23.2 Å². The summed E-state index contributed by atoms with van der Waals surface area (Å²) in [5.41, 5.74) is 0.889. The van der Waals surface area contributed by atoms with Crippen molar-refractivity contribution in [3.05, 3.63) is 70.8 Å². The first-order valence-corrected chi connectivity index (χ1v) is 15.1. The third kappa shape index (κ3) is 5.35. The van der Waals surface area contributed by atoms with E-state index in [0.717, 1.165) is 9.82 Å². The number of anilines is 2. The lowest BCUT2D eigenvalue weighted by Crippen LogP contribution is -2.38. The minimum Gasteiger partial charge on any atom is -0.480 e. The van der Waals surface area contributed by atoms with Crippen molar-refractivity contribution in [3.8, 4) is 5.82 Å². The monoisotopic (exact) mass is 593 g/mol. The van der Waals surface area contributed by atoms with Crippen molar-refractivity contribution in [2.24, 2.45) is 0 Å². The first-order valence-electron chi connectivity index (χ1n) is 11.4. The molecule has 0 aliphatic carbocycles. The molecule has 10 nitrogen and oxygen atoms in total. The van der Waals surface area contributed by atoms with Gasteiger partial charge < -0.3 is 10.0 Å². The smallest absolute Gasteiger partial charge is 0.324 e. The average Bonchev–Trinajstić information content (AvgIpc) is 3.30. The van der Waals surface area contributed by atoms with Crippen LogP contribution in [0.2, 0.25) is 10.0 Å². The topological polar surface area (TPSA) is 126 Å². The van der Waals surface area contributed by atoms with E-state index in [0.29, 0.717) is 41.6 Å². The number of hydrogen-bond donors (Lipinski definition) is 1. The van der Waals surface area contributed by atoms with E-state index in [1.165, 1.54) is 24.3 Å². The highest BCUT2D eigenvalue weighted by Gasteiger charge is 2.28. The van der Waals surface area contributed by atoms with E-state index in [-0.39, 0.29) is 20.6 Å². The second-order valence-corrected chi connectivity index (χ2v) is 13.0. The number of rotatable bonds is 7. The van der Waals surface area contributed by atoms with Crippen LogP contribution in [0, 0.1) is 0 Å². The first kappa shape index (κ1) is 26.4. The van der Waals surface area contributed by atoms with E-state index in [2.05, 4.69) is 10.2 Å². The van der Waals surface area contributed by atoms with Crippen molar-refractivity contribution in [2.75, 3.05) is 40.3 Å². The Hall–Kier alpha value is -3.19. The van der Waals surface area contributed by atoms with Crippen LogP contribution in [0.3, 0.4) is 0 Å². The van der Waals surface area contributed by atoms with Crippen LogP contribution in [-0.4, -0.2) is 69.6 Å². The largest absolute Gasteiger partial charge is 0.480 e. The maximum Gasteiger partial charge on any atom is 0.324 e. The minimum absolute atomic E-state index is 0.112. The fourth-order valence-corrected chi connectivity index (χ4v) is 7.40.